The lowest BCUT2D eigenvalue weighted by Gasteiger charge is -2.30. The van der Waals surface area contributed by atoms with Gasteiger partial charge in [0.25, 0.3) is 0 Å². The summed E-state index contributed by atoms with van der Waals surface area (Å²) < 4.78 is 31.9. The normalized spacial score (nSPS) is 20.2. The molecular weight excluding hydrogens is 292 g/mol. The number of hydrogen-bond donors (Lipinski definition) is 1. The van der Waals surface area contributed by atoms with Gasteiger partial charge in [0.1, 0.15) is 5.75 Å². The van der Waals surface area contributed by atoms with Crippen molar-refractivity contribution in [2.24, 2.45) is 11.7 Å². The molecule has 1 aromatic rings. The molecule has 0 aromatic heterocycles. The molecule has 1 aliphatic rings. The maximum atomic E-state index is 12.7. The van der Waals surface area contributed by atoms with E-state index in [-0.39, 0.29) is 11.4 Å². The number of rotatable bonds is 4. The molecule has 116 valence electrons. The van der Waals surface area contributed by atoms with E-state index in [1.54, 1.807) is 19.1 Å². The number of nitrogens with zero attached hydrogens (tertiary/aromatic N) is 1. The minimum atomic E-state index is -3.61. The van der Waals surface area contributed by atoms with Crippen LogP contribution in [0.2, 0.25) is 0 Å². The van der Waals surface area contributed by atoms with Crippen molar-refractivity contribution in [1.29, 1.82) is 0 Å². The number of ether oxygens (including phenoxy) is 1. The molecule has 1 aromatic carbocycles. The molecule has 21 heavy (non-hydrogen) atoms. The van der Waals surface area contributed by atoms with Gasteiger partial charge >= 0.3 is 0 Å². The second-order valence-electron chi connectivity index (χ2n) is 5.24. The summed E-state index contributed by atoms with van der Waals surface area (Å²) in [4.78, 5) is 11.5. The Morgan fingerprint density at radius 1 is 1.43 bits per heavy atom. The number of primary amides is 1. The van der Waals surface area contributed by atoms with Crippen molar-refractivity contribution in [2.45, 2.75) is 24.7 Å². The maximum absolute atomic E-state index is 12.7. The molecule has 0 bridgehead atoms. The number of methoxy groups -OCH3 is 1. The highest BCUT2D eigenvalue weighted by molar-refractivity contribution is 7.89. The summed E-state index contributed by atoms with van der Waals surface area (Å²) in [5, 5.41) is 0. The van der Waals surface area contributed by atoms with Crippen LogP contribution in [0.15, 0.2) is 23.1 Å². The van der Waals surface area contributed by atoms with Crippen molar-refractivity contribution >= 4 is 15.9 Å². The summed E-state index contributed by atoms with van der Waals surface area (Å²) in [6, 6.07) is 4.84. The van der Waals surface area contributed by atoms with E-state index < -0.39 is 21.8 Å². The van der Waals surface area contributed by atoms with Gasteiger partial charge in [-0.25, -0.2) is 8.42 Å². The summed E-state index contributed by atoms with van der Waals surface area (Å²) in [5.41, 5.74) is 5.92. The Labute approximate surface area is 124 Å². The Bertz CT molecular complexity index is 642. The molecule has 2 rings (SSSR count). The summed E-state index contributed by atoms with van der Waals surface area (Å²) >= 11 is 0. The van der Waals surface area contributed by atoms with Crippen molar-refractivity contribution in [1.82, 2.24) is 4.31 Å². The first-order chi connectivity index (χ1) is 9.86. The van der Waals surface area contributed by atoms with Crippen LogP contribution in [0.4, 0.5) is 0 Å². The highest BCUT2D eigenvalue weighted by atomic mass is 32.2. The molecule has 0 saturated carbocycles. The molecule has 2 N–H and O–H groups in total. The number of hydrogen-bond acceptors (Lipinski definition) is 4. The van der Waals surface area contributed by atoms with Crippen LogP contribution in [-0.4, -0.2) is 38.8 Å². The monoisotopic (exact) mass is 312 g/mol. The number of carbonyl (C=O) groups excluding carboxylic acids is 1. The van der Waals surface area contributed by atoms with Gasteiger partial charge in [0.2, 0.25) is 15.9 Å². The number of benzene rings is 1. The molecule has 1 fully saturated rings. The first-order valence-electron chi connectivity index (χ1n) is 6.80. The lowest BCUT2D eigenvalue weighted by atomic mass is 9.99. The van der Waals surface area contributed by atoms with Crippen LogP contribution in [0.1, 0.15) is 18.4 Å². The Balaban J connectivity index is 2.31. The minimum absolute atomic E-state index is 0.156. The first kappa shape index (κ1) is 15.8. The third-order valence-electron chi connectivity index (χ3n) is 3.79. The molecule has 1 unspecified atom stereocenters. The van der Waals surface area contributed by atoms with E-state index in [2.05, 4.69) is 0 Å². The summed E-state index contributed by atoms with van der Waals surface area (Å²) in [7, 11) is -2.08. The van der Waals surface area contributed by atoms with E-state index in [0.29, 0.717) is 30.7 Å². The fraction of sp³-hybridized carbons (Fsp3) is 0.500. The van der Waals surface area contributed by atoms with Crippen LogP contribution in [0, 0.1) is 12.8 Å². The number of aryl methyl sites for hydroxylation is 1. The zero-order valence-corrected chi connectivity index (χ0v) is 13.0. The van der Waals surface area contributed by atoms with Crippen LogP contribution in [0.25, 0.3) is 0 Å². The molecule has 0 aliphatic carbocycles. The Morgan fingerprint density at radius 3 is 2.71 bits per heavy atom. The highest BCUT2D eigenvalue weighted by Crippen LogP contribution is 2.27. The van der Waals surface area contributed by atoms with E-state index in [1.165, 1.54) is 17.5 Å². The SMILES string of the molecule is COc1ccc(S(=O)(=O)N2CCCC(C(N)=O)C2)c(C)c1. The van der Waals surface area contributed by atoms with Crippen LogP contribution < -0.4 is 10.5 Å². The largest absolute Gasteiger partial charge is 0.497 e. The van der Waals surface area contributed by atoms with Gasteiger partial charge in [0.15, 0.2) is 0 Å². The Kier molecular flexibility index (Phi) is 4.53. The predicted molar refractivity (Wildman–Crippen MR) is 78.4 cm³/mol. The number of piperidine rings is 1. The molecule has 0 spiro atoms. The second-order valence-corrected chi connectivity index (χ2v) is 7.14. The molecule has 1 heterocycles. The molecule has 1 saturated heterocycles. The van der Waals surface area contributed by atoms with Crippen LogP contribution >= 0.6 is 0 Å². The van der Waals surface area contributed by atoms with Crippen molar-refractivity contribution in [3.63, 3.8) is 0 Å². The average Bonchev–Trinajstić information content (AvgIpc) is 2.46. The zero-order valence-electron chi connectivity index (χ0n) is 12.2. The molecule has 6 nitrogen and oxygen atoms in total. The van der Waals surface area contributed by atoms with Crippen LogP contribution in [0.5, 0.6) is 5.75 Å². The summed E-state index contributed by atoms with van der Waals surface area (Å²) in [5.74, 6) is -0.242. The third kappa shape index (κ3) is 3.19. The fourth-order valence-electron chi connectivity index (χ4n) is 2.57. The van der Waals surface area contributed by atoms with Gasteiger partial charge in [-0.1, -0.05) is 0 Å². The van der Waals surface area contributed by atoms with Gasteiger partial charge in [0, 0.05) is 13.1 Å². The van der Waals surface area contributed by atoms with E-state index in [9.17, 15) is 13.2 Å². The molecule has 1 atom stereocenters. The average molecular weight is 312 g/mol. The van der Waals surface area contributed by atoms with Crippen molar-refractivity contribution in [2.75, 3.05) is 20.2 Å². The Hall–Kier alpha value is -1.60. The van der Waals surface area contributed by atoms with E-state index in [4.69, 9.17) is 10.5 Å². The van der Waals surface area contributed by atoms with Gasteiger partial charge in [-0.2, -0.15) is 4.31 Å². The fourth-order valence-corrected chi connectivity index (χ4v) is 4.30. The first-order valence-corrected chi connectivity index (χ1v) is 8.24. The lowest BCUT2D eigenvalue weighted by Crippen LogP contribution is -2.44. The van der Waals surface area contributed by atoms with Crippen LogP contribution in [0.3, 0.4) is 0 Å². The van der Waals surface area contributed by atoms with E-state index >= 15 is 0 Å². The van der Waals surface area contributed by atoms with Gasteiger partial charge in [-0.15, -0.1) is 0 Å². The summed E-state index contributed by atoms with van der Waals surface area (Å²) in [6.45, 7) is 2.30. The highest BCUT2D eigenvalue weighted by Gasteiger charge is 2.33. The van der Waals surface area contributed by atoms with Crippen molar-refractivity contribution < 1.29 is 17.9 Å². The smallest absolute Gasteiger partial charge is 0.243 e. The number of nitrogens with two attached hydrogens (primary N) is 1. The quantitative estimate of drug-likeness (QED) is 0.894. The minimum Gasteiger partial charge on any atom is -0.497 e. The van der Waals surface area contributed by atoms with E-state index in [1.807, 2.05) is 0 Å². The number of sulfonamides is 1. The molecular formula is C14H20N2O4S. The topological polar surface area (TPSA) is 89.7 Å². The van der Waals surface area contributed by atoms with Gasteiger partial charge < -0.3 is 10.5 Å². The number of carbonyl (C=O) groups is 1. The molecule has 1 aliphatic heterocycles. The molecule has 1 amide bonds. The maximum Gasteiger partial charge on any atom is 0.243 e. The number of amides is 1. The standard InChI is InChI=1S/C14H20N2O4S/c1-10-8-12(20-2)5-6-13(10)21(18,19)16-7-3-4-11(9-16)14(15)17/h5-6,8,11H,3-4,7,9H2,1-2H3,(H2,15,17). The van der Waals surface area contributed by atoms with Gasteiger partial charge in [-0.3, -0.25) is 4.79 Å². The van der Waals surface area contributed by atoms with Gasteiger partial charge in [-0.05, 0) is 43.5 Å². The molecule has 0 radical (unpaired) electrons. The zero-order chi connectivity index (χ0) is 15.6. The third-order valence-corrected chi connectivity index (χ3v) is 5.81. The second kappa shape index (κ2) is 6.03. The van der Waals surface area contributed by atoms with Crippen molar-refractivity contribution in [3.05, 3.63) is 23.8 Å². The Morgan fingerprint density at radius 2 is 2.14 bits per heavy atom. The van der Waals surface area contributed by atoms with E-state index in [0.717, 1.165) is 0 Å². The molecule has 7 heteroatoms. The lowest BCUT2D eigenvalue weighted by molar-refractivity contribution is -0.122. The predicted octanol–water partition coefficient (Wildman–Crippen LogP) is 0.890. The van der Waals surface area contributed by atoms with Crippen molar-refractivity contribution in [3.8, 4) is 5.75 Å². The van der Waals surface area contributed by atoms with Gasteiger partial charge in [0.05, 0.1) is 17.9 Å². The van der Waals surface area contributed by atoms with Crippen LogP contribution in [-0.2, 0) is 14.8 Å². The summed E-state index contributed by atoms with van der Waals surface area (Å²) in [6.07, 6.45) is 1.28.